The second kappa shape index (κ2) is 7.32. The lowest BCUT2D eigenvalue weighted by atomic mass is 10.1. The molecule has 3 nitrogen and oxygen atoms in total. The fraction of sp³-hybridized carbons (Fsp3) is 0.278. The number of aromatic hydroxyl groups is 1. The van der Waals surface area contributed by atoms with Gasteiger partial charge >= 0.3 is 0 Å². The first-order chi connectivity index (χ1) is 11.1. The SMILES string of the molecule is Cc1ccc(NC(=O)c2ccc(C3SCCCS3)cc2)c(O)c1. The predicted octanol–water partition coefficient (Wildman–Crippen LogP) is 4.82. The molecular weight excluding hydrogens is 326 g/mol. The minimum absolute atomic E-state index is 0.0879. The Morgan fingerprint density at radius 2 is 1.83 bits per heavy atom. The van der Waals surface area contributed by atoms with Crippen LogP contribution < -0.4 is 5.32 Å². The van der Waals surface area contributed by atoms with Gasteiger partial charge in [0.15, 0.2) is 0 Å². The van der Waals surface area contributed by atoms with Crippen molar-refractivity contribution in [1.82, 2.24) is 0 Å². The summed E-state index contributed by atoms with van der Waals surface area (Å²) >= 11 is 3.93. The number of carbonyl (C=O) groups is 1. The van der Waals surface area contributed by atoms with Gasteiger partial charge in [0.2, 0.25) is 0 Å². The van der Waals surface area contributed by atoms with E-state index in [4.69, 9.17) is 0 Å². The van der Waals surface area contributed by atoms with Crippen LogP contribution in [-0.4, -0.2) is 22.5 Å². The van der Waals surface area contributed by atoms with Gasteiger partial charge in [0.25, 0.3) is 5.91 Å². The summed E-state index contributed by atoms with van der Waals surface area (Å²) in [7, 11) is 0. The molecule has 5 heteroatoms. The number of aryl methyl sites for hydroxylation is 1. The highest BCUT2D eigenvalue weighted by atomic mass is 32.2. The van der Waals surface area contributed by atoms with Gasteiger partial charge in [0.1, 0.15) is 5.75 Å². The quantitative estimate of drug-likeness (QED) is 0.783. The molecule has 0 aromatic heterocycles. The molecule has 23 heavy (non-hydrogen) atoms. The molecule has 1 aliphatic heterocycles. The van der Waals surface area contributed by atoms with E-state index in [1.165, 1.54) is 23.5 Å². The average molecular weight is 345 g/mol. The molecular formula is C18H19NO2S2. The minimum Gasteiger partial charge on any atom is -0.506 e. The van der Waals surface area contributed by atoms with Crippen LogP contribution in [0.15, 0.2) is 42.5 Å². The van der Waals surface area contributed by atoms with Crippen LogP contribution >= 0.6 is 23.5 Å². The molecule has 0 aliphatic carbocycles. The summed E-state index contributed by atoms with van der Waals surface area (Å²) in [5, 5.41) is 12.6. The van der Waals surface area contributed by atoms with E-state index >= 15 is 0 Å². The van der Waals surface area contributed by atoms with Crippen LogP contribution in [0, 0.1) is 6.92 Å². The third-order valence-electron chi connectivity index (χ3n) is 3.67. The van der Waals surface area contributed by atoms with Gasteiger partial charge in [-0.3, -0.25) is 4.79 Å². The van der Waals surface area contributed by atoms with Crippen LogP contribution in [0.4, 0.5) is 5.69 Å². The molecule has 0 unspecified atom stereocenters. The Morgan fingerprint density at radius 1 is 1.13 bits per heavy atom. The number of benzene rings is 2. The second-order valence-electron chi connectivity index (χ2n) is 5.52. The van der Waals surface area contributed by atoms with Crippen molar-refractivity contribution in [3.63, 3.8) is 0 Å². The maximum atomic E-state index is 12.3. The first-order valence-electron chi connectivity index (χ1n) is 7.57. The fourth-order valence-electron chi connectivity index (χ4n) is 2.41. The molecule has 1 aliphatic rings. The Labute approximate surface area is 144 Å². The van der Waals surface area contributed by atoms with Crippen molar-refractivity contribution in [2.75, 3.05) is 16.8 Å². The molecule has 2 N–H and O–H groups in total. The van der Waals surface area contributed by atoms with Gasteiger partial charge in [-0.25, -0.2) is 0 Å². The molecule has 0 bridgehead atoms. The number of phenols is 1. The largest absolute Gasteiger partial charge is 0.506 e. The Hall–Kier alpha value is -1.59. The lowest BCUT2D eigenvalue weighted by molar-refractivity contribution is 0.102. The van der Waals surface area contributed by atoms with Gasteiger partial charge in [0.05, 0.1) is 10.3 Å². The number of rotatable bonds is 3. The second-order valence-corrected chi connectivity index (χ2v) is 8.25. The van der Waals surface area contributed by atoms with Gasteiger partial charge in [0, 0.05) is 5.56 Å². The van der Waals surface area contributed by atoms with Gasteiger partial charge in [-0.05, 0) is 60.2 Å². The van der Waals surface area contributed by atoms with Gasteiger partial charge in [-0.15, -0.1) is 23.5 Å². The summed E-state index contributed by atoms with van der Waals surface area (Å²) < 4.78 is 0.474. The van der Waals surface area contributed by atoms with Crippen molar-refractivity contribution < 1.29 is 9.90 Å². The van der Waals surface area contributed by atoms with Crippen molar-refractivity contribution in [3.8, 4) is 5.75 Å². The molecule has 0 spiro atoms. The summed E-state index contributed by atoms with van der Waals surface area (Å²) in [6, 6.07) is 13.0. The standard InChI is InChI=1S/C18H19NO2S2/c1-12-3-8-15(16(20)11-12)19-17(21)13-4-6-14(7-5-13)18-22-9-2-10-23-18/h3-8,11,18,20H,2,9-10H2,1H3,(H,19,21). The first-order valence-corrected chi connectivity index (χ1v) is 9.67. The van der Waals surface area contributed by atoms with Crippen LogP contribution in [0.5, 0.6) is 5.75 Å². The van der Waals surface area contributed by atoms with E-state index in [1.54, 1.807) is 12.1 Å². The van der Waals surface area contributed by atoms with E-state index in [0.717, 1.165) is 5.56 Å². The molecule has 0 radical (unpaired) electrons. The number of phenolic OH excluding ortho intramolecular Hbond substituents is 1. The number of hydrogen-bond acceptors (Lipinski definition) is 4. The highest BCUT2D eigenvalue weighted by molar-refractivity contribution is 8.16. The molecule has 1 heterocycles. The number of hydrogen-bond donors (Lipinski definition) is 2. The average Bonchev–Trinajstić information content (AvgIpc) is 2.58. The number of thioether (sulfide) groups is 2. The fourth-order valence-corrected chi connectivity index (χ4v) is 5.31. The number of anilines is 1. The van der Waals surface area contributed by atoms with Crippen molar-refractivity contribution >= 4 is 35.1 Å². The number of amides is 1. The Bertz CT molecular complexity index is 695. The zero-order valence-corrected chi connectivity index (χ0v) is 14.5. The molecule has 0 saturated carbocycles. The normalized spacial score (nSPS) is 15.3. The third-order valence-corrected chi connectivity index (χ3v) is 6.69. The summed E-state index contributed by atoms with van der Waals surface area (Å²) in [6.45, 7) is 1.89. The van der Waals surface area contributed by atoms with Crippen molar-refractivity contribution in [2.24, 2.45) is 0 Å². The van der Waals surface area contributed by atoms with Gasteiger partial charge < -0.3 is 10.4 Å². The molecule has 0 atom stereocenters. The topological polar surface area (TPSA) is 49.3 Å². The minimum atomic E-state index is -0.209. The first kappa shape index (κ1) is 16.3. The van der Waals surface area contributed by atoms with Gasteiger partial charge in [-0.1, -0.05) is 18.2 Å². The van der Waals surface area contributed by atoms with Crippen molar-refractivity contribution in [3.05, 3.63) is 59.2 Å². The van der Waals surface area contributed by atoms with Crippen LogP contribution in [0.1, 0.15) is 32.5 Å². The summed E-state index contributed by atoms with van der Waals surface area (Å²) in [5.74, 6) is 2.28. The summed E-state index contributed by atoms with van der Waals surface area (Å²) in [5.41, 5.74) is 3.24. The monoisotopic (exact) mass is 345 g/mol. The molecule has 120 valence electrons. The van der Waals surface area contributed by atoms with Crippen molar-refractivity contribution in [1.29, 1.82) is 0 Å². The Morgan fingerprint density at radius 3 is 2.48 bits per heavy atom. The van der Waals surface area contributed by atoms with E-state index in [9.17, 15) is 9.90 Å². The number of nitrogens with one attached hydrogen (secondary N) is 1. The predicted molar refractivity (Wildman–Crippen MR) is 99.5 cm³/mol. The van der Waals surface area contributed by atoms with E-state index in [1.807, 2.05) is 60.8 Å². The van der Waals surface area contributed by atoms with Crippen LogP contribution in [0.25, 0.3) is 0 Å². The Kier molecular flexibility index (Phi) is 5.18. The molecule has 1 amide bonds. The molecule has 3 rings (SSSR count). The molecule has 1 fully saturated rings. The highest BCUT2D eigenvalue weighted by Crippen LogP contribution is 2.43. The maximum Gasteiger partial charge on any atom is 0.255 e. The summed E-state index contributed by atoms with van der Waals surface area (Å²) in [6.07, 6.45) is 1.27. The molecule has 2 aromatic carbocycles. The van der Waals surface area contributed by atoms with Crippen LogP contribution in [0.2, 0.25) is 0 Å². The zero-order valence-electron chi connectivity index (χ0n) is 12.9. The zero-order chi connectivity index (χ0) is 16.2. The molecule has 2 aromatic rings. The van der Waals surface area contributed by atoms with E-state index < -0.39 is 0 Å². The van der Waals surface area contributed by atoms with E-state index in [2.05, 4.69) is 5.32 Å². The number of carbonyl (C=O) groups excluding carboxylic acids is 1. The summed E-state index contributed by atoms with van der Waals surface area (Å²) in [4.78, 5) is 12.3. The lowest BCUT2D eigenvalue weighted by Crippen LogP contribution is -2.12. The lowest BCUT2D eigenvalue weighted by Gasteiger charge is -2.21. The van der Waals surface area contributed by atoms with Crippen molar-refractivity contribution in [2.45, 2.75) is 17.9 Å². The van der Waals surface area contributed by atoms with E-state index in [0.29, 0.717) is 15.8 Å². The third kappa shape index (κ3) is 4.03. The van der Waals surface area contributed by atoms with Crippen LogP contribution in [0.3, 0.4) is 0 Å². The Balaban J connectivity index is 1.69. The van der Waals surface area contributed by atoms with Crippen LogP contribution in [-0.2, 0) is 0 Å². The maximum absolute atomic E-state index is 12.3. The smallest absolute Gasteiger partial charge is 0.255 e. The molecule has 1 saturated heterocycles. The highest BCUT2D eigenvalue weighted by Gasteiger charge is 2.17. The van der Waals surface area contributed by atoms with E-state index in [-0.39, 0.29) is 11.7 Å². The van der Waals surface area contributed by atoms with Gasteiger partial charge in [-0.2, -0.15) is 0 Å².